The quantitative estimate of drug-likeness (QED) is 0.128. The van der Waals surface area contributed by atoms with E-state index in [-0.39, 0.29) is 0 Å². The molecule has 10 aromatic rings. The molecule has 286 valence electrons. The lowest BCUT2D eigenvalue weighted by Gasteiger charge is -2.35. The van der Waals surface area contributed by atoms with Crippen LogP contribution in [0.4, 0.5) is 0 Å². The van der Waals surface area contributed by atoms with E-state index in [4.69, 9.17) is 0 Å². The van der Waals surface area contributed by atoms with Crippen molar-refractivity contribution in [3.63, 3.8) is 0 Å². The second-order valence-electron chi connectivity index (χ2n) is 15.2. The van der Waals surface area contributed by atoms with Gasteiger partial charge in [0.15, 0.2) is 0 Å². The Labute approximate surface area is 354 Å². The van der Waals surface area contributed by atoms with E-state index in [0.717, 1.165) is 0 Å². The van der Waals surface area contributed by atoms with Gasteiger partial charge < -0.3 is 0 Å². The van der Waals surface area contributed by atoms with Gasteiger partial charge in [0.05, 0.1) is 0 Å². The Balaban J connectivity index is 1.48. The fourth-order valence-corrected chi connectivity index (χ4v) is 17.3. The molecule has 2 heteroatoms. The highest BCUT2D eigenvalue weighted by molar-refractivity contribution is 7.95. The minimum Gasteiger partial charge on any atom is -0.0622 e. The average Bonchev–Trinajstić information content (AvgIpc) is 3.34. The summed E-state index contributed by atoms with van der Waals surface area (Å²) in [4.78, 5) is 0. The Morgan fingerprint density at radius 2 is 0.500 bits per heavy atom. The Morgan fingerprint density at radius 3 is 0.817 bits per heavy atom. The third-order valence-electron chi connectivity index (χ3n) is 11.8. The molecule has 0 nitrogen and oxygen atoms in total. The zero-order valence-electron chi connectivity index (χ0n) is 33.3. The molecule has 10 rings (SSSR count). The Kier molecular flexibility index (Phi) is 10.3. The third kappa shape index (κ3) is 6.69. The van der Waals surface area contributed by atoms with Gasteiger partial charge in [-0.2, -0.15) is 0 Å². The molecule has 0 aliphatic carbocycles. The molecule has 0 heterocycles. The van der Waals surface area contributed by atoms with Crippen LogP contribution in [0.3, 0.4) is 0 Å². The summed E-state index contributed by atoms with van der Waals surface area (Å²) >= 11 is 0. The van der Waals surface area contributed by atoms with Gasteiger partial charge in [0.1, 0.15) is 0 Å². The van der Waals surface area contributed by atoms with E-state index in [0.29, 0.717) is 0 Å². The maximum atomic E-state index is 2.61. The van der Waals surface area contributed by atoms with Gasteiger partial charge in [0.25, 0.3) is 0 Å². The molecule has 0 atom stereocenters. The molecule has 0 fully saturated rings. The first kappa shape index (κ1) is 37.6. The molecule has 0 saturated heterocycles. The van der Waals surface area contributed by atoms with Gasteiger partial charge in [-0.25, -0.2) is 0 Å². The highest BCUT2D eigenvalue weighted by atomic mass is 31.2. The predicted octanol–water partition coefficient (Wildman–Crippen LogP) is 11.9. The molecular formula is C58H44P2. The number of hydrogen-bond acceptors (Lipinski definition) is 0. The van der Waals surface area contributed by atoms with Crippen molar-refractivity contribution < 1.29 is 0 Å². The maximum absolute atomic E-state index is 2.61. The molecule has 0 saturated carbocycles. The van der Waals surface area contributed by atoms with Crippen molar-refractivity contribution in [1.82, 2.24) is 0 Å². The molecule has 0 bridgehead atoms. The van der Waals surface area contributed by atoms with E-state index >= 15 is 0 Å². The number of rotatable bonds is 9. The van der Waals surface area contributed by atoms with E-state index in [2.05, 4.69) is 266 Å². The summed E-state index contributed by atoms with van der Waals surface area (Å²) in [7, 11) is 0. The molecule has 0 amide bonds. The maximum Gasteiger partial charge on any atom is -0.000939 e. The van der Waals surface area contributed by atoms with Crippen molar-refractivity contribution in [3.05, 3.63) is 266 Å². The van der Waals surface area contributed by atoms with Gasteiger partial charge in [0.2, 0.25) is 0 Å². The van der Waals surface area contributed by atoms with E-state index < -0.39 is 13.8 Å². The topological polar surface area (TPSA) is 0 Å². The first-order chi connectivity index (χ1) is 29.8. The summed E-state index contributed by atoms with van der Waals surface area (Å²) < 4.78 is 0. The molecule has 0 aromatic heterocycles. The van der Waals surface area contributed by atoms with Crippen LogP contribution in [0.2, 0.25) is 0 Å². The summed E-state index contributed by atoms with van der Waals surface area (Å²) in [6.07, 6.45) is 0. The van der Waals surface area contributed by atoms with Gasteiger partial charge in [-0.15, -0.1) is 0 Å². The van der Waals surface area contributed by atoms with Crippen LogP contribution >= 0.6 is 13.8 Å². The Bertz CT molecular complexity index is 2870. The fraction of sp³-hybridized carbons (Fsp3) is 0. The van der Waals surface area contributed by atoms with Gasteiger partial charge in [-0.05, 0) is 101 Å². The second kappa shape index (κ2) is 16.5. The van der Waals surface area contributed by atoms with Crippen LogP contribution in [-0.4, -0.2) is 11.6 Å². The van der Waals surface area contributed by atoms with E-state index in [1.54, 1.807) is 0 Å². The van der Waals surface area contributed by atoms with Crippen molar-refractivity contribution in [2.75, 3.05) is 0 Å². The average molecular weight is 803 g/mol. The summed E-state index contributed by atoms with van der Waals surface area (Å²) in [5.74, 6) is 5.23. The van der Waals surface area contributed by atoms with Crippen LogP contribution in [0.1, 0.15) is 11.1 Å². The molecule has 0 aliphatic heterocycles. The zero-order chi connectivity index (χ0) is 40.2. The molecular weight excluding hydrogens is 759 g/mol. The highest BCUT2D eigenvalue weighted by Gasteiger charge is 2.34. The first-order valence-electron chi connectivity index (χ1n) is 20.6. The molecule has 10 aromatic carbocycles. The number of benzene rings is 10. The third-order valence-corrected chi connectivity index (χ3v) is 19.8. The lowest BCUT2D eigenvalue weighted by Crippen LogP contribution is -2.32. The van der Waals surface area contributed by atoms with E-state index in [9.17, 15) is 0 Å². The molecule has 0 unspecified atom stereocenters. The van der Waals surface area contributed by atoms with Crippen LogP contribution in [-0.2, 0) is 0 Å². The summed E-state index contributed by atoms with van der Waals surface area (Å²) in [5.41, 5.74) is 5.02. The van der Waals surface area contributed by atoms with Crippen LogP contribution in [0.25, 0.3) is 32.7 Å². The largest absolute Gasteiger partial charge is 0.0622 e. The van der Waals surface area contributed by atoms with Crippen molar-refractivity contribution in [2.45, 2.75) is 0 Å². The van der Waals surface area contributed by atoms with E-state index in [1.807, 2.05) is 0 Å². The Hall–Kier alpha value is -6.68. The smallest absolute Gasteiger partial charge is 0.000939 e. The second-order valence-corrected chi connectivity index (χ2v) is 21.7. The van der Waals surface area contributed by atoms with Crippen molar-refractivity contribution >= 4 is 78.7 Å². The highest BCUT2D eigenvalue weighted by Crippen LogP contribution is 2.53. The van der Waals surface area contributed by atoms with Crippen LogP contribution < -0.4 is 31.8 Å². The predicted molar refractivity (Wildman–Crippen MR) is 268 cm³/mol. The lowest BCUT2D eigenvalue weighted by molar-refractivity contribution is 1.69. The molecule has 60 heavy (non-hydrogen) atoms. The van der Waals surface area contributed by atoms with Crippen LogP contribution in [0.15, 0.2) is 255 Å². The van der Waals surface area contributed by atoms with Gasteiger partial charge in [-0.1, -0.05) is 255 Å². The molecule has 0 radical (unpaired) electrons. The van der Waals surface area contributed by atoms with Crippen molar-refractivity contribution in [2.24, 2.45) is 0 Å². The monoisotopic (exact) mass is 802 g/mol. The minimum atomic E-state index is -2.57. The SMILES string of the molecule is C(c1ccccc1)=P(c1ccccc1)(c1ccccc1)c1ccc2ccccc2c1-c1c(P(=Cc2ccccc2)(c2ccccc2)c2ccccc2)ccc2ccccc12. The fourth-order valence-electron chi connectivity index (χ4n) is 9.10. The van der Waals surface area contributed by atoms with Gasteiger partial charge in [0, 0.05) is 0 Å². The molecule has 0 aliphatic rings. The summed E-state index contributed by atoms with van der Waals surface area (Å²) in [6.45, 7) is -5.13. The summed E-state index contributed by atoms with van der Waals surface area (Å²) in [6, 6.07) is 94.9. The van der Waals surface area contributed by atoms with Crippen molar-refractivity contribution in [1.29, 1.82) is 0 Å². The van der Waals surface area contributed by atoms with E-state index in [1.165, 1.54) is 75.6 Å². The molecule has 0 spiro atoms. The lowest BCUT2D eigenvalue weighted by atomic mass is 9.93. The normalized spacial score (nSPS) is 11.7. The van der Waals surface area contributed by atoms with Gasteiger partial charge in [-0.3, -0.25) is 0 Å². The number of hydrogen-bond donors (Lipinski definition) is 0. The van der Waals surface area contributed by atoms with Crippen molar-refractivity contribution in [3.8, 4) is 11.1 Å². The van der Waals surface area contributed by atoms with Gasteiger partial charge >= 0.3 is 0 Å². The first-order valence-corrected chi connectivity index (χ1v) is 24.3. The summed E-state index contributed by atoms with van der Waals surface area (Å²) in [5, 5.41) is 12.9. The van der Waals surface area contributed by atoms with Crippen LogP contribution in [0.5, 0.6) is 0 Å². The molecule has 0 N–H and O–H groups in total. The zero-order valence-corrected chi connectivity index (χ0v) is 35.1. The minimum absolute atomic E-state index is 1.21. The van der Waals surface area contributed by atoms with Crippen LogP contribution in [0, 0.1) is 0 Å². The standard InChI is InChI=1S/C58H44P2/c1-7-23-45(24-8-1)43-59(49-29-11-3-12-30-49,50-31-13-4-14-32-50)55-41-39-47-27-19-21-37-53(47)57(55)58-54-38-22-20-28-48(54)40-42-56(58)60(51-33-15-5-16-34-51,52-35-17-6-18-36-52)44-46-25-9-2-10-26-46/h1-44H. The Morgan fingerprint density at radius 1 is 0.233 bits per heavy atom. The number of fused-ring (bicyclic) bond motifs is 2.